The number of methoxy groups -OCH3 is 1. The number of pyridine rings is 1. The van der Waals surface area contributed by atoms with E-state index in [-0.39, 0.29) is 29.8 Å². The van der Waals surface area contributed by atoms with Gasteiger partial charge in [0.2, 0.25) is 21.9 Å². The van der Waals surface area contributed by atoms with E-state index in [9.17, 15) is 8.42 Å². The predicted molar refractivity (Wildman–Crippen MR) is 150 cm³/mol. The minimum atomic E-state index is -4.10. The summed E-state index contributed by atoms with van der Waals surface area (Å²) >= 11 is 0. The number of hydrogen-bond acceptors (Lipinski definition) is 11. The van der Waals surface area contributed by atoms with Crippen LogP contribution >= 0.6 is 0 Å². The van der Waals surface area contributed by atoms with Crippen LogP contribution in [0.3, 0.4) is 0 Å². The van der Waals surface area contributed by atoms with Crippen molar-refractivity contribution >= 4 is 16.0 Å². The Morgan fingerprint density at radius 3 is 2.44 bits per heavy atom. The Morgan fingerprint density at radius 1 is 1.10 bits per heavy atom. The van der Waals surface area contributed by atoms with Crippen molar-refractivity contribution in [2.45, 2.75) is 71.0 Å². The van der Waals surface area contributed by atoms with Gasteiger partial charge < -0.3 is 14.0 Å². The molecule has 5 rings (SSSR count). The van der Waals surface area contributed by atoms with Gasteiger partial charge in [-0.1, -0.05) is 11.2 Å². The molecule has 0 spiro atoms. The summed E-state index contributed by atoms with van der Waals surface area (Å²) in [6.07, 6.45) is 5.54. The van der Waals surface area contributed by atoms with Crippen molar-refractivity contribution in [1.82, 2.24) is 34.9 Å². The van der Waals surface area contributed by atoms with Crippen molar-refractivity contribution < 1.29 is 22.4 Å². The molecule has 4 aromatic heterocycles. The van der Waals surface area contributed by atoms with Crippen LogP contribution < -0.4 is 9.46 Å². The SMILES string of the molecule is COc1cccc(-c2nnc(NS(=O)(=O)[C@@H](C)[C@@H](OC(C)C)c3ncc(C)cn3)n2C(c2conc2C)C2CC2)n1. The third kappa shape index (κ3) is 6.07. The van der Waals surface area contributed by atoms with Gasteiger partial charge in [0.15, 0.2) is 11.6 Å². The van der Waals surface area contributed by atoms with E-state index in [1.54, 1.807) is 48.3 Å². The molecule has 1 unspecified atom stereocenters. The quantitative estimate of drug-likeness (QED) is 0.257. The molecule has 0 bridgehead atoms. The first-order valence-electron chi connectivity index (χ1n) is 13.4. The number of anilines is 1. The molecule has 4 heterocycles. The van der Waals surface area contributed by atoms with Gasteiger partial charge in [0, 0.05) is 24.0 Å². The van der Waals surface area contributed by atoms with E-state index in [0.717, 1.165) is 24.0 Å². The van der Waals surface area contributed by atoms with Crippen LogP contribution in [-0.2, 0) is 14.8 Å². The Kier molecular flexibility index (Phi) is 8.04. The third-order valence-corrected chi connectivity index (χ3v) is 8.63. The average molecular weight is 583 g/mol. The van der Waals surface area contributed by atoms with Gasteiger partial charge in [0.1, 0.15) is 23.3 Å². The number of rotatable bonds is 12. The van der Waals surface area contributed by atoms with Crippen molar-refractivity contribution in [1.29, 1.82) is 0 Å². The number of aryl methyl sites for hydroxylation is 2. The summed E-state index contributed by atoms with van der Waals surface area (Å²) < 4.78 is 49.0. The highest BCUT2D eigenvalue weighted by Gasteiger charge is 2.41. The summed E-state index contributed by atoms with van der Waals surface area (Å²) in [4.78, 5) is 13.3. The molecule has 4 aromatic rings. The maximum atomic E-state index is 13.9. The highest BCUT2D eigenvalue weighted by molar-refractivity contribution is 7.93. The monoisotopic (exact) mass is 582 g/mol. The second kappa shape index (κ2) is 11.5. The van der Waals surface area contributed by atoms with Crippen molar-refractivity contribution in [2.75, 3.05) is 11.8 Å². The van der Waals surface area contributed by atoms with Gasteiger partial charge in [0.05, 0.1) is 24.9 Å². The fraction of sp³-hybridized carbons (Fsp3) is 0.481. The lowest BCUT2D eigenvalue weighted by Crippen LogP contribution is -2.35. The molecular formula is C27H34N8O5S. The minimum Gasteiger partial charge on any atom is -0.481 e. The Bertz CT molecular complexity index is 1600. The molecule has 0 aliphatic heterocycles. The molecule has 0 aromatic carbocycles. The molecule has 14 heteroatoms. The van der Waals surface area contributed by atoms with Crippen LogP contribution in [0.25, 0.3) is 11.5 Å². The van der Waals surface area contributed by atoms with Gasteiger partial charge in [-0.15, -0.1) is 10.2 Å². The molecule has 0 amide bonds. The van der Waals surface area contributed by atoms with E-state index >= 15 is 0 Å². The molecule has 1 N–H and O–H groups in total. The molecule has 0 saturated heterocycles. The topological polar surface area (TPSA) is 160 Å². The van der Waals surface area contributed by atoms with Crippen molar-refractivity contribution in [2.24, 2.45) is 5.92 Å². The van der Waals surface area contributed by atoms with Crippen LogP contribution in [0.15, 0.2) is 41.4 Å². The van der Waals surface area contributed by atoms with Gasteiger partial charge in [-0.25, -0.2) is 23.4 Å². The Morgan fingerprint density at radius 2 is 1.83 bits per heavy atom. The number of aromatic nitrogens is 7. The van der Waals surface area contributed by atoms with Crippen molar-refractivity contribution in [3.05, 3.63) is 59.5 Å². The normalized spacial score (nSPS) is 16.0. The zero-order valence-corrected chi connectivity index (χ0v) is 24.7. The van der Waals surface area contributed by atoms with E-state index in [1.165, 1.54) is 7.11 Å². The van der Waals surface area contributed by atoms with Crippen LogP contribution in [0.1, 0.15) is 68.4 Å². The van der Waals surface area contributed by atoms with Gasteiger partial charge in [-0.2, -0.15) is 0 Å². The fourth-order valence-electron chi connectivity index (χ4n) is 4.66. The van der Waals surface area contributed by atoms with Gasteiger partial charge >= 0.3 is 0 Å². The lowest BCUT2D eigenvalue weighted by Gasteiger charge is -2.26. The molecule has 1 aliphatic rings. The van der Waals surface area contributed by atoms with E-state index in [0.29, 0.717) is 23.1 Å². The van der Waals surface area contributed by atoms with Crippen LogP contribution in [0.5, 0.6) is 5.88 Å². The average Bonchev–Trinajstić information content (AvgIpc) is 3.58. The van der Waals surface area contributed by atoms with Crippen molar-refractivity contribution in [3.63, 3.8) is 0 Å². The Labute approximate surface area is 238 Å². The van der Waals surface area contributed by atoms with Crippen LogP contribution in [0.4, 0.5) is 5.95 Å². The molecule has 41 heavy (non-hydrogen) atoms. The van der Waals surface area contributed by atoms with Gasteiger partial charge in [-0.05, 0) is 65.0 Å². The first-order chi connectivity index (χ1) is 19.6. The van der Waals surface area contributed by atoms with Crippen LogP contribution in [0.2, 0.25) is 0 Å². The van der Waals surface area contributed by atoms with Gasteiger partial charge in [-0.3, -0.25) is 9.29 Å². The van der Waals surface area contributed by atoms with Crippen LogP contribution in [0, 0.1) is 19.8 Å². The summed E-state index contributed by atoms with van der Waals surface area (Å²) in [5.41, 5.74) is 2.85. The van der Waals surface area contributed by atoms with Crippen LogP contribution in [-0.4, -0.2) is 61.8 Å². The zero-order chi connectivity index (χ0) is 29.3. The lowest BCUT2D eigenvalue weighted by atomic mass is 10.0. The van der Waals surface area contributed by atoms with E-state index in [2.05, 4.69) is 35.0 Å². The standard InChI is InChI=1S/C27H34N8O5S/c1-15(2)40-24(25-28-12-16(3)13-29-25)18(5)41(36,37)34-27-32-31-26(21-8-7-9-22(30-21)38-6)35(27)23(19-10-11-19)20-14-39-33-17(20)4/h7-9,12-15,18-19,23-24H,10-11H2,1-6H3,(H,32,34)/t18-,23?,24+/m0/s1. The summed E-state index contributed by atoms with van der Waals surface area (Å²) in [6, 6.07) is 4.95. The maximum absolute atomic E-state index is 13.9. The number of nitrogens with one attached hydrogen (secondary N) is 1. The number of ether oxygens (including phenoxy) is 2. The maximum Gasteiger partial charge on any atom is 0.240 e. The summed E-state index contributed by atoms with van der Waals surface area (Å²) in [5.74, 6) is 1.29. The first-order valence-corrected chi connectivity index (χ1v) is 15.0. The molecule has 13 nitrogen and oxygen atoms in total. The molecule has 0 radical (unpaired) electrons. The smallest absolute Gasteiger partial charge is 0.240 e. The second-order valence-electron chi connectivity index (χ2n) is 10.5. The Balaban J connectivity index is 1.58. The zero-order valence-electron chi connectivity index (χ0n) is 23.8. The largest absolute Gasteiger partial charge is 0.481 e. The summed E-state index contributed by atoms with van der Waals surface area (Å²) in [5, 5.41) is 11.7. The highest BCUT2D eigenvalue weighted by atomic mass is 32.2. The first kappa shape index (κ1) is 28.6. The summed E-state index contributed by atoms with van der Waals surface area (Å²) in [6.45, 7) is 8.94. The molecule has 218 valence electrons. The van der Waals surface area contributed by atoms with E-state index in [4.69, 9.17) is 14.0 Å². The second-order valence-corrected chi connectivity index (χ2v) is 12.5. The van der Waals surface area contributed by atoms with E-state index < -0.39 is 21.4 Å². The molecule has 1 aliphatic carbocycles. The molecular weight excluding hydrogens is 548 g/mol. The van der Waals surface area contributed by atoms with Gasteiger partial charge in [0.25, 0.3) is 0 Å². The predicted octanol–water partition coefficient (Wildman–Crippen LogP) is 4.04. The minimum absolute atomic E-state index is 0.0436. The number of hydrogen-bond donors (Lipinski definition) is 1. The molecule has 1 fully saturated rings. The number of sulfonamides is 1. The summed E-state index contributed by atoms with van der Waals surface area (Å²) in [7, 11) is -2.57. The molecule has 1 saturated carbocycles. The fourth-order valence-corrected chi connectivity index (χ4v) is 5.75. The lowest BCUT2D eigenvalue weighted by molar-refractivity contribution is 0.00152. The molecule has 3 atom stereocenters. The third-order valence-electron chi connectivity index (χ3n) is 6.93. The Hall–Kier alpha value is -3.91. The highest BCUT2D eigenvalue weighted by Crippen LogP contribution is 2.47. The number of nitrogens with zero attached hydrogens (tertiary/aromatic N) is 7. The van der Waals surface area contributed by atoms with Crippen molar-refractivity contribution in [3.8, 4) is 17.4 Å². The van der Waals surface area contributed by atoms with E-state index in [1.807, 2.05) is 27.7 Å².